The van der Waals surface area contributed by atoms with Gasteiger partial charge in [-0.25, -0.2) is 5.84 Å². The third-order valence-electron chi connectivity index (χ3n) is 2.38. The third kappa shape index (κ3) is 4.83. The lowest BCUT2D eigenvalue weighted by atomic mass is 10.0. The molecule has 5 heteroatoms. The molecule has 0 radical (unpaired) electrons. The van der Waals surface area contributed by atoms with Crippen molar-refractivity contribution in [1.29, 1.82) is 0 Å². The molecule has 1 fully saturated rings. The van der Waals surface area contributed by atoms with Gasteiger partial charge in [-0.15, -0.1) is 0 Å². The monoisotopic (exact) mass is 218 g/mol. The van der Waals surface area contributed by atoms with Crippen molar-refractivity contribution in [1.82, 2.24) is 5.59 Å². The van der Waals surface area contributed by atoms with Crippen LogP contribution in [0.1, 0.15) is 38.5 Å². The third-order valence-corrected chi connectivity index (χ3v) is 3.77. The second-order valence-electron chi connectivity index (χ2n) is 3.47. The van der Waals surface area contributed by atoms with Gasteiger partial charge >= 0.3 is 5.97 Å². The number of carbonyl (C=O) groups is 1. The first-order valence-electron chi connectivity index (χ1n) is 5.10. The quantitative estimate of drug-likeness (QED) is 0.539. The summed E-state index contributed by atoms with van der Waals surface area (Å²) in [6, 6.07) is 0. The Balaban J connectivity index is 1.99. The van der Waals surface area contributed by atoms with Crippen LogP contribution in [0, 0.1) is 0 Å². The molecule has 1 rings (SSSR count). The molecule has 0 aromatic rings. The molecule has 14 heavy (non-hydrogen) atoms. The lowest BCUT2D eigenvalue weighted by Crippen LogP contribution is -2.26. The molecule has 3 N–H and O–H groups in total. The van der Waals surface area contributed by atoms with Crippen LogP contribution in [0.4, 0.5) is 0 Å². The van der Waals surface area contributed by atoms with Crippen molar-refractivity contribution in [2.24, 2.45) is 5.84 Å². The zero-order valence-corrected chi connectivity index (χ0v) is 9.15. The van der Waals surface area contributed by atoms with Gasteiger partial charge in [0.25, 0.3) is 0 Å². The molecule has 0 atom stereocenters. The van der Waals surface area contributed by atoms with Gasteiger partial charge < -0.3 is 4.84 Å². The van der Waals surface area contributed by atoms with Gasteiger partial charge in [-0.1, -0.05) is 24.9 Å². The molecule has 0 aromatic carbocycles. The van der Waals surface area contributed by atoms with Gasteiger partial charge in [0.15, 0.2) is 0 Å². The Morgan fingerprint density at radius 1 is 1.43 bits per heavy atom. The van der Waals surface area contributed by atoms with E-state index in [0.29, 0.717) is 6.42 Å². The van der Waals surface area contributed by atoms with Crippen molar-refractivity contribution >= 4 is 17.7 Å². The van der Waals surface area contributed by atoms with Crippen LogP contribution in [-0.2, 0) is 9.63 Å². The highest BCUT2D eigenvalue weighted by atomic mass is 32.2. The number of hydrazine groups is 1. The van der Waals surface area contributed by atoms with Crippen molar-refractivity contribution in [3.8, 4) is 0 Å². The summed E-state index contributed by atoms with van der Waals surface area (Å²) in [5.41, 5.74) is 1.90. The highest BCUT2D eigenvalue weighted by molar-refractivity contribution is 7.99. The molecule has 1 saturated carbocycles. The first kappa shape index (κ1) is 11.8. The van der Waals surface area contributed by atoms with Crippen LogP contribution in [0.25, 0.3) is 0 Å². The summed E-state index contributed by atoms with van der Waals surface area (Å²) in [7, 11) is 0. The van der Waals surface area contributed by atoms with Crippen LogP contribution < -0.4 is 11.4 Å². The fourth-order valence-electron chi connectivity index (χ4n) is 1.66. The summed E-state index contributed by atoms with van der Waals surface area (Å²) in [5, 5.41) is 0.752. The van der Waals surface area contributed by atoms with Crippen LogP contribution in [-0.4, -0.2) is 17.0 Å². The van der Waals surface area contributed by atoms with Gasteiger partial charge in [0.2, 0.25) is 0 Å². The Labute approximate surface area is 88.9 Å². The molecule has 0 saturated heterocycles. The van der Waals surface area contributed by atoms with Crippen molar-refractivity contribution in [3.05, 3.63) is 0 Å². The van der Waals surface area contributed by atoms with E-state index in [1.165, 1.54) is 32.1 Å². The molecular formula is C9H18N2O2S. The topological polar surface area (TPSA) is 64.3 Å². The van der Waals surface area contributed by atoms with E-state index in [1.54, 1.807) is 0 Å². The summed E-state index contributed by atoms with van der Waals surface area (Å²) in [5.74, 6) is 5.40. The Morgan fingerprint density at radius 3 is 2.79 bits per heavy atom. The fraction of sp³-hybridized carbons (Fsp3) is 0.889. The molecule has 82 valence electrons. The lowest BCUT2D eigenvalue weighted by Gasteiger charge is -2.20. The molecule has 1 aliphatic rings. The van der Waals surface area contributed by atoms with Gasteiger partial charge in [-0.2, -0.15) is 11.8 Å². The molecule has 0 aliphatic heterocycles. The highest BCUT2D eigenvalue weighted by Crippen LogP contribution is 2.28. The molecule has 0 spiro atoms. The predicted molar refractivity (Wildman–Crippen MR) is 57.4 cm³/mol. The number of hydrogen-bond donors (Lipinski definition) is 2. The van der Waals surface area contributed by atoms with E-state index in [1.807, 2.05) is 17.4 Å². The van der Waals surface area contributed by atoms with Crippen molar-refractivity contribution in [3.63, 3.8) is 0 Å². The number of nitrogens with one attached hydrogen (secondary N) is 1. The van der Waals surface area contributed by atoms with E-state index < -0.39 is 0 Å². The second kappa shape index (κ2) is 7.09. The van der Waals surface area contributed by atoms with Crippen LogP contribution in [0.3, 0.4) is 0 Å². The van der Waals surface area contributed by atoms with Gasteiger partial charge in [-0.05, 0) is 12.8 Å². The highest BCUT2D eigenvalue weighted by Gasteiger charge is 2.14. The average molecular weight is 218 g/mol. The number of thioether (sulfide) groups is 1. The molecular weight excluding hydrogens is 200 g/mol. The normalized spacial score (nSPS) is 18.1. The molecule has 4 nitrogen and oxygen atoms in total. The number of nitrogens with two attached hydrogens (primary N) is 1. The minimum Gasteiger partial charge on any atom is -0.356 e. The summed E-state index contributed by atoms with van der Waals surface area (Å²) >= 11 is 1.88. The Bertz CT molecular complexity index is 172. The van der Waals surface area contributed by atoms with Crippen LogP contribution in [0.5, 0.6) is 0 Å². The molecule has 0 unspecified atom stereocenters. The smallest absolute Gasteiger partial charge is 0.327 e. The zero-order valence-electron chi connectivity index (χ0n) is 8.33. The van der Waals surface area contributed by atoms with Crippen molar-refractivity contribution in [2.45, 2.75) is 43.8 Å². The van der Waals surface area contributed by atoms with Crippen LogP contribution >= 0.6 is 11.8 Å². The lowest BCUT2D eigenvalue weighted by molar-refractivity contribution is -0.150. The van der Waals surface area contributed by atoms with Gasteiger partial charge in [0.05, 0.1) is 6.42 Å². The second-order valence-corrected chi connectivity index (χ2v) is 4.88. The van der Waals surface area contributed by atoms with Gasteiger partial charge in [0.1, 0.15) is 0 Å². The summed E-state index contributed by atoms with van der Waals surface area (Å²) in [6.07, 6.45) is 7.09. The molecule has 1 aliphatic carbocycles. The number of carbonyl (C=O) groups excluding carboxylic acids is 1. The maximum atomic E-state index is 10.9. The van der Waals surface area contributed by atoms with E-state index in [0.717, 1.165) is 11.0 Å². The summed E-state index contributed by atoms with van der Waals surface area (Å²) < 4.78 is 0. The minimum atomic E-state index is -0.282. The van der Waals surface area contributed by atoms with Gasteiger partial charge in [-0.3, -0.25) is 4.79 Å². The van der Waals surface area contributed by atoms with E-state index in [-0.39, 0.29) is 5.97 Å². The fourth-order valence-corrected chi connectivity index (χ4v) is 2.94. The van der Waals surface area contributed by atoms with E-state index in [2.05, 4.69) is 4.84 Å². The summed E-state index contributed by atoms with van der Waals surface area (Å²) in [6.45, 7) is 0. The minimum absolute atomic E-state index is 0.282. The largest absolute Gasteiger partial charge is 0.356 e. The SMILES string of the molecule is NNOC(=O)CCSC1CCCCC1. The van der Waals surface area contributed by atoms with Gasteiger partial charge in [0, 0.05) is 11.0 Å². The number of hydrogen-bond acceptors (Lipinski definition) is 5. The average Bonchev–Trinajstić information content (AvgIpc) is 2.20. The van der Waals surface area contributed by atoms with Crippen molar-refractivity contribution in [2.75, 3.05) is 5.75 Å². The predicted octanol–water partition coefficient (Wildman–Crippen LogP) is 1.36. The van der Waals surface area contributed by atoms with E-state index in [4.69, 9.17) is 5.84 Å². The maximum Gasteiger partial charge on any atom is 0.327 e. The molecule has 0 aromatic heterocycles. The molecule has 0 amide bonds. The first-order valence-corrected chi connectivity index (χ1v) is 6.14. The van der Waals surface area contributed by atoms with Crippen LogP contribution in [0.15, 0.2) is 0 Å². The van der Waals surface area contributed by atoms with E-state index in [9.17, 15) is 4.79 Å². The van der Waals surface area contributed by atoms with Crippen molar-refractivity contribution < 1.29 is 9.63 Å². The van der Waals surface area contributed by atoms with E-state index >= 15 is 0 Å². The number of rotatable bonds is 5. The zero-order chi connectivity index (χ0) is 10.2. The Hall–Kier alpha value is -0.260. The Morgan fingerprint density at radius 2 is 2.14 bits per heavy atom. The Kier molecular flexibility index (Phi) is 5.98. The standard InChI is InChI=1S/C9H18N2O2S/c10-11-13-9(12)6-7-14-8-4-2-1-3-5-8/h8,11H,1-7,10H2. The summed E-state index contributed by atoms with van der Waals surface area (Å²) in [4.78, 5) is 15.3. The maximum absolute atomic E-state index is 10.9. The molecule has 0 bridgehead atoms. The first-order chi connectivity index (χ1) is 6.83. The molecule has 0 heterocycles. The van der Waals surface area contributed by atoms with Crippen LogP contribution in [0.2, 0.25) is 0 Å².